The maximum absolute atomic E-state index is 13.0. The lowest BCUT2D eigenvalue weighted by Gasteiger charge is -2.30. The van der Waals surface area contributed by atoms with E-state index in [1.165, 1.54) is 12.5 Å². The Morgan fingerprint density at radius 1 is 1.06 bits per heavy atom. The van der Waals surface area contributed by atoms with Gasteiger partial charge in [-0.15, -0.1) is 0 Å². The molecule has 2 aliphatic rings. The summed E-state index contributed by atoms with van der Waals surface area (Å²) in [6.07, 6.45) is 3.85. The van der Waals surface area contributed by atoms with Crippen LogP contribution in [0.5, 0.6) is 0 Å². The summed E-state index contributed by atoms with van der Waals surface area (Å²) < 4.78 is 39.1. The van der Waals surface area contributed by atoms with E-state index in [9.17, 15) is 13.2 Å². The first-order chi connectivity index (χ1) is 7.98. The van der Waals surface area contributed by atoms with Crippen molar-refractivity contribution in [1.82, 2.24) is 0 Å². The molecule has 0 amide bonds. The second kappa shape index (κ2) is 4.87. The zero-order valence-electron chi connectivity index (χ0n) is 10.2. The predicted octanol–water partition coefficient (Wildman–Crippen LogP) is 5.17. The summed E-state index contributed by atoms with van der Waals surface area (Å²) in [4.78, 5) is 0. The summed E-state index contributed by atoms with van der Waals surface area (Å²) in [5.41, 5.74) is 1.20. The summed E-state index contributed by atoms with van der Waals surface area (Å²) in [6, 6.07) is 0. The van der Waals surface area contributed by atoms with E-state index in [1.54, 1.807) is 6.92 Å². The molecule has 1 fully saturated rings. The molecule has 0 bridgehead atoms. The van der Waals surface area contributed by atoms with E-state index in [0.29, 0.717) is 12.0 Å². The van der Waals surface area contributed by atoms with Crippen LogP contribution in [0, 0.1) is 5.92 Å². The van der Waals surface area contributed by atoms with Gasteiger partial charge in [0.2, 0.25) is 0 Å². The van der Waals surface area contributed by atoms with Crippen LogP contribution < -0.4 is 0 Å². The molecule has 1 saturated carbocycles. The number of allylic oxidation sites excluding steroid dienone is 4. The summed E-state index contributed by atoms with van der Waals surface area (Å²) in [6.45, 7) is 1.80. The van der Waals surface area contributed by atoms with Gasteiger partial charge in [0, 0.05) is 0 Å². The van der Waals surface area contributed by atoms with Gasteiger partial charge in [0.05, 0.1) is 5.57 Å². The fourth-order valence-electron chi connectivity index (χ4n) is 3.02. The second-order valence-corrected chi connectivity index (χ2v) is 5.26. The normalized spacial score (nSPS) is 23.9. The van der Waals surface area contributed by atoms with E-state index in [-0.39, 0.29) is 11.5 Å². The largest absolute Gasteiger partial charge is 0.416 e. The molecule has 0 atom stereocenters. The van der Waals surface area contributed by atoms with E-state index in [1.807, 2.05) is 0 Å². The van der Waals surface area contributed by atoms with Crippen LogP contribution in [0.1, 0.15) is 51.9 Å². The molecule has 0 aromatic heterocycles. The van der Waals surface area contributed by atoms with Crippen molar-refractivity contribution in [2.75, 3.05) is 0 Å². The van der Waals surface area contributed by atoms with Crippen LogP contribution in [-0.2, 0) is 0 Å². The monoisotopic (exact) mass is 244 g/mol. The lowest BCUT2D eigenvalue weighted by atomic mass is 9.77. The molecule has 17 heavy (non-hydrogen) atoms. The Bertz CT molecular complexity index is 341. The molecule has 0 spiro atoms. The minimum Gasteiger partial charge on any atom is -0.166 e. The van der Waals surface area contributed by atoms with Crippen molar-refractivity contribution in [1.29, 1.82) is 0 Å². The fraction of sp³-hybridized carbons (Fsp3) is 0.714. The quantitative estimate of drug-likeness (QED) is 0.597. The summed E-state index contributed by atoms with van der Waals surface area (Å²) in [5, 5.41) is 0. The van der Waals surface area contributed by atoms with Crippen LogP contribution in [-0.4, -0.2) is 6.18 Å². The molecule has 0 aliphatic heterocycles. The fourth-order valence-corrected chi connectivity index (χ4v) is 3.02. The van der Waals surface area contributed by atoms with Crippen molar-refractivity contribution >= 4 is 0 Å². The molecular formula is C14H19F3. The zero-order chi connectivity index (χ0) is 12.5. The van der Waals surface area contributed by atoms with E-state index in [2.05, 4.69) is 0 Å². The van der Waals surface area contributed by atoms with Gasteiger partial charge in [0.25, 0.3) is 0 Å². The molecule has 0 N–H and O–H groups in total. The maximum atomic E-state index is 13.0. The molecule has 0 unspecified atom stereocenters. The molecular weight excluding hydrogens is 225 g/mol. The molecule has 0 nitrogen and oxygen atoms in total. The van der Waals surface area contributed by atoms with Crippen molar-refractivity contribution in [3.05, 3.63) is 22.8 Å². The Labute approximate surface area is 101 Å². The summed E-state index contributed by atoms with van der Waals surface area (Å²) in [5.74, 6) is 0.185. The number of alkyl halides is 3. The van der Waals surface area contributed by atoms with Gasteiger partial charge in [0.15, 0.2) is 0 Å². The van der Waals surface area contributed by atoms with Crippen LogP contribution in [0.4, 0.5) is 13.2 Å². The van der Waals surface area contributed by atoms with Gasteiger partial charge in [-0.3, -0.25) is 0 Å². The topological polar surface area (TPSA) is 0 Å². The lowest BCUT2D eigenvalue weighted by molar-refractivity contribution is -0.0900. The predicted molar refractivity (Wildman–Crippen MR) is 62.6 cm³/mol. The Hall–Kier alpha value is -0.730. The van der Waals surface area contributed by atoms with E-state index < -0.39 is 6.18 Å². The minimum atomic E-state index is -4.17. The smallest absolute Gasteiger partial charge is 0.166 e. The molecule has 2 aliphatic carbocycles. The van der Waals surface area contributed by atoms with Gasteiger partial charge in [-0.2, -0.15) is 13.2 Å². The van der Waals surface area contributed by atoms with Crippen LogP contribution in [0.25, 0.3) is 0 Å². The number of halogens is 3. The van der Waals surface area contributed by atoms with Crippen molar-refractivity contribution in [3.63, 3.8) is 0 Å². The van der Waals surface area contributed by atoms with Crippen LogP contribution >= 0.6 is 0 Å². The second-order valence-electron chi connectivity index (χ2n) is 5.26. The van der Waals surface area contributed by atoms with E-state index >= 15 is 0 Å². The highest BCUT2D eigenvalue weighted by atomic mass is 19.4. The Balaban J connectivity index is 2.31. The highest BCUT2D eigenvalue weighted by Crippen LogP contribution is 2.42. The first-order valence-electron chi connectivity index (χ1n) is 6.46. The molecule has 2 rings (SSSR count). The zero-order valence-corrected chi connectivity index (χ0v) is 10.2. The average molecular weight is 244 g/mol. The number of hydrogen-bond acceptors (Lipinski definition) is 0. The SMILES string of the molecule is CC1=CC(C(F)(F)F)=C(C2CCCCC2)CC1. The van der Waals surface area contributed by atoms with Crippen molar-refractivity contribution in [3.8, 4) is 0 Å². The third kappa shape index (κ3) is 2.93. The van der Waals surface area contributed by atoms with Gasteiger partial charge in [-0.25, -0.2) is 0 Å². The first kappa shape index (κ1) is 12.7. The number of hydrogen-bond donors (Lipinski definition) is 0. The Morgan fingerprint density at radius 3 is 2.29 bits per heavy atom. The highest BCUT2D eigenvalue weighted by Gasteiger charge is 2.37. The van der Waals surface area contributed by atoms with Gasteiger partial charge in [0.1, 0.15) is 0 Å². The van der Waals surface area contributed by atoms with Crippen molar-refractivity contribution in [2.45, 2.75) is 58.0 Å². The molecule has 0 heterocycles. The molecule has 0 saturated heterocycles. The summed E-state index contributed by atoms with van der Waals surface area (Å²) >= 11 is 0. The lowest BCUT2D eigenvalue weighted by Crippen LogP contribution is -2.21. The van der Waals surface area contributed by atoms with Gasteiger partial charge < -0.3 is 0 Å². The molecule has 0 aromatic carbocycles. The highest BCUT2D eigenvalue weighted by molar-refractivity contribution is 5.37. The van der Waals surface area contributed by atoms with Gasteiger partial charge >= 0.3 is 6.18 Å². The average Bonchev–Trinajstić information content (AvgIpc) is 2.29. The van der Waals surface area contributed by atoms with E-state index in [4.69, 9.17) is 0 Å². The molecule has 96 valence electrons. The van der Waals surface area contributed by atoms with Gasteiger partial charge in [-0.05, 0) is 38.5 Å². The third-order valence-corrected chi connectivity index (χ3v) is 3.93. The Morgan fingerprint density at radius 2 is 1.71 bits per heavy atom. The van der Waals surface area contributed by atoms with E-state index in [0.717, 1.165) is 37.7 Å². The van der Waals surface area contributed by atoms with Crippen LogP contribution in [0.3, 0.4) is 0 Å². The third-order valence-electron chi connectivity index (χ3n) is 3.93. The molecule has 3 heteroatoms. The summed E-state index contributed by atoms with van der Waals surface area (Å²) in [7, 11) is 0. The van der Waals surface area contributed by atoms with Crippen molar-refractivity contribution in [2.24, 2.45) is 5.92 Å². The molecule has 0 radical (unpaired) electrons. The van der Waals surface area contributed by atoms with Crippen LogP contribution in [0.15, 0.2) is 22.8 Å². The van der Waals surface area contributed by atoms with Crippen LogP contribution in [0.2, 0.25) is 0 Å². The van der Waals surface area contributed by atoms with Gasteiger partial charge in [-0.1, -0.05) is 36.5 Å². The molecule has 0 aromatic rings. The standard InChI is InChI=1S/C14H19F3/c1-10-7-8-12(11-5-3-2-4-6-11)13(9-10)14(15,16)17/h9,11H,2-8H2,1H3. The number of rotatable bonds is 1. The Kier molecular flexibility index (Phi) is 3.64. The first-order valence-corrected chi connectivity index (χ1v) is 6.46. The minimum absolute atomic E-state index is 0.185. The maximum Gasteiger partial charge on any atom is 0.416 e. The van der Waals surface area contributed by atoms with Crippen molar-refractivity contribution < 1.29 is 13.2 Å².